The number of rotatable bonds is 7. The fourth-order valence-electron chi connectivity index (χ4n) is 4.15. The average molecular weight is 440 g/mol. The maximum Gasteiger partial charge on any atom is 0.150 e. The third-order valence-corrected chi connectivity index (χ3v) is 6.12. The molecule has 1 aliphatic rings. The zero-order valence-electron chi connectivity index (χ0n) is 18.7. The summed E-state index contributed by atoms with van der Waals surface area (Å²) in [5, 5.41) is 4.53. The van der Waals surface area contributed by atoms with Crippen LogP contribution in [0.15, 0.2) is 72.9 Å². The van der Waals surface area contributed by atoms with E-state index in [1.807, 2.05) is 30.5 Å². The summed E-state index contributed by atoms with van der Waals surface area (Å²) in [5.74, 6) is 0.704. The van der Waals surface area contributed by atoms with Crippen molar-refractivity contribution in [2.45, 2.75) is 13.0 Å². The number of nitrogen functional groups attached to an aromatic ring is 1. The quantitative estimate of drug-likeness (QED) is 0.445. The first-order valence-electron chi connectivity index (χ1n) is 11.5. The number of morpholine rings is 1. The smallest absolute Gasteiger partial charge is 0.150 e. The van der Waals surface area contributed by atoms with Crippen LogP contribution in [0.4, 0.5) is 11.5 Å². The lowest BCUT2D eigenvalue weighted by molar-refractivity contribution is 0.0384. The fourth-order valence-corrected chi connectivity index (χ4v) is 4.15. The molecule has 3 N–H and O–H groups in total. The number of benzene rings is 2. The molecule has 0 spiro atoms. The highest BCUT2D eigenvalue weighted by atomic mass is 16.5. The van der Waals surface area contributed by atoms with Gasteiger partial charge >= 0.3 is 0 Å². The maximum absolute atomic E-state index is 6.21. The molecule has 2 aromatic heterocycles. The summed E-state index contributed by atoms with van der Waals surface area (Å²) in [6, 6.07) is 22.9. The molecule has 0 amide bonds. The number of pyridine rings is 2. The van der Waals surface area contributed by atoms with Gasteiger partial charge in [-0.1, -0.05) is 36.4 Å². The summed E-state index contributed by atoms with van der Waals surface area (Å²) < 4.78 is 5.43. The molecule has 33 heavy (non-hydrogen) atoms. The molecule has 0 unspecified atom stereocenters. The van der Waals surface area contributed by atoms with Gasteiger partial charge in [-0.25, -0.2) is 4.98 Å². The van der Waals surface area contributed by atoms with Crippen LogP contribution in [0.5, 0.6) is 0 Å². The molecule has 0 aliphatic carbocycles. The molecule has 0 atom stereocenters. The summed E-state index contributed by atoms with van der Waals surface area (Å²) in [4.78, 5) is 11.6. The van der Waals surface area contributed by atoms with Gasteiger partial charge in [-0.2, -0.15) is 0 Å². The number of ether oxygens (including phenoxy) is 1. The molecule has 1 saturated heterocycles. The number of fused-ring (bicyclic) bond motifs is 1. The van der Waals surface area contributed by atoms with E-state index in [9.17, 15) is 0 Å². The predicted molar refractivity (Wildman–Crippen MR) is 134 cm³/mol. The van der Waals surface area contributed by atoms with Crippen LogP contribution in [0, 0.1) is 0 Å². The molecule has 0 bridgehead atoms. The normalized spacial score (nSPS) is 14.4. The Hall–Kier alpha value is -3.48. The Kier molecular flexibility index (Phi) is 6.46. The van der Waals surface area contributed by atoms with Crippen LogP contribution in [0.2, 0.25) is 0 Å². The van der Waals surface area contributed by atoms with E-state index in [4.69, 9.17) is 15.5 Å². The summed E-state index contributed by atoms with van der Waals surface area (Å²) in [5.41, 5.74) is 12.3. The van der Waals surface area contributed by atoms with Gasteiger partial charge in [0.05, 0.1) is 30.1 Å². The second-order valence-corrected chi connectivity index (χ2v) is 8.42. The van der Waals surface area contributed by atoms with Crippen LogP contribution in [-0.2, 0) is 17.7 Å². The van der Waals surface area contributed by atoms with Crippen LogP contribution in [0.3, 0.4) is 0 Å². The lowest BCUT2D eigenvalue weighted by atomic mass is 10.1. The van der Waals surface area contributed by atoms with E-state index < -0.39 is 0 Å². The van der Waals surface area contributed by atoms with Crippen LogP contribution >= 0.6 is 0 Å². The molecule has 1 fully saturated rings. The Balaban J connectivity index is 1.24. The highest BCUT2D eigenvalue weighted by molar-refractivity contribution is 5.79. The van der Waals surface area contributed by atoms with Gasteiger partial charge in [0.2, 0.25) is 0 Å². The molecule has 0 saturated carbocycles. The summed E-state index contributed by atoms with van der Waals surface area (Å²) >= 11 is 0. The fraction of sp³-hybridized carbons (Fsp3) is 0.259. The molecule has 0 radical (unpaired) electrons. The number of nitrogens with one attached hydrogen (secondary N) is 1. The minimum absolute atomic E-state index is 0.642. The number of hydrogen-bond donors (Lipinski definition) is 2. The van der Waals surface area contributed by atoms with Gasteiger partial charge in [0.25, 0.3) is 0 Å². The summed E-state index contributed by atoms with van der Waals surface area (Å²) in [6.45, 7) is 5.46. The van der Waals surface area contributed by atoms with Gasteiger partial charge in [-0.15, -0.1) is 0 Å². The second-order valence-electron chi connectivity index (χ2n) is 8.42. The number of anilines is 2. The summed E-state index contributed by atoms with van der Waals surface area (Å²) in [7, 11) is 0. The van der Waals surface area contributed by atoms with E-state index >= 15 is 0 Å². The first-order chi connectivity index (χ1) is 16.2. The first-order valence-corrected chi connectivity index (χ1v) is 11.5. The van der Waals surface area contributed by atoms with Crippen molar-refractivity contribution in [3.63, 3.8) is 0 Å². The first kappa shape index (κ1) is 21.4. The van der Waals surface area contributed by atoms with Crippen molar-refractivity contribution in [1.29, 1.82) is 0 Å². The standard InChI is InChI=1S/C27H29N5O/c28-24-8-10-26(22-6-3-20(4-7-22)11-13-32-14-16-33-17-15-32)31-27(24)30-19-21-5-9-25-23(18-21)2-1-12-29-25/h1-10,12,18H,11,13-17,19,28H2,(H,30,31). The van der Waals surface area contributed by atoms with Crippen LogP contribution in [-0.4, -0.2) is 47.7 Å². The maximum atomic E-state index is 6.21. The molecule has 1 aliphatic heterocycles. The number of hydrogen-bond acceptors (Lipinski definition) is 6. The third-order valence-electron chi connectivity index (χ3n) is 6.12. The third kappa shape index (κ3) is 5.30. The van der Waals surface area contributed by atoms with Crippen molar-refractivity contribution in [3.8, 4) is 11.3 Å². The Morgan fingerprint density at radius 2 is 1.76 bits per heavy atom. The van der Waals surface area contributed by atoms with Crippen molar-refractivity contribution >= 4 is 22.4 Å². The highest BCUT2D eigenvalue weighted by Crippen LogP contribution is 2.25. The van der Waals surface area contributed by atoms with E-state index in [2.05, 4.69) is 57.7 Å². The number of aromatic nitrogens is 2. The van der Waals surface area contributed by atoms with Crippen LogP contribution in [0.1, 0.15) is 11.1 Å². The van der Waals surface area contributed by atoms with Crippen molar-refractivity contribution in [2.75, 3.05) is 43.9 Å². The van der Waals surface area contributed by atoms with Crippen molar-refractivity contribution in [1.82, 2.24) is 14.9 Å². The topological polar surface area (TPSA) is 76.3 Å². The second kappa shape index (κ2) is 9.98. The van der Waals surface area contributed by atoms with E-state index in [1.54, 1.807) is 0 Å². The molecule has 2 aromatic carbocycles. The minimum atomic E-state index is 0.642. The zero-order chi connectivity index (χ0) is 22.5. The van der Waals surface area contributed by atoms with E-state index in [-0.39, 0.29) is 0 Å². The lowest BCUT2D eigenvalue weighted by Gasteiger charge is -2.26. The van der Waals surface area contributed by atoms with Crippen LogP contribution in [0.25, 0.3) is 22.2 Å². The van der Waals surface area contributed by atoms with Gasteiger partial charge in [0, 0.05) is 43.3 Å². The zero-order valence-corrected chi connectivity index (χ0v) is 18.7. The average Bonchev–Trinajstić information content (AvgIpc) is 2.88. The van der Waals surface area contributed by atoms with E-state index in [1.165, 1.54) is 5.56 Å². The number of nitrogens with two attached hydrogens (primary N) is 1. The van der Waals surface area contributed by atoms with Gasteiger partial charge in [-0.05, 0) is 47.9 Å². The van der Waals surface area contributed by atoms with Gasteiger partial charge in [-0.3, -0.25) is 9.88 Å². The molecular weight excluding hydrogens is 410 g/mol. The SMILES string of the molecule is Nc1ccc(-c2ccc(CCN3CCOCC3)cc2)nc1NCc1ccc2ncccc2c1. The largest absolute Gasteiger partial charge is 0.396 e. The Bertz CT molecular complexity index is 1220. The Labute approximate surface area is 194 Å². The molecule has 168 valence electrons. The monoisotopic (exact) mass is 439 g/mol. The highest BCUT2D eigenvalue weighted by Gasteiger charge is 2.10. The molecule has 4 aromatic rings. The van der Waals surface area contributed by atoms with Gasteiger partial charge in [0.15, 0.2) is 0 Å². The van der Waals surface area contributed by atoms with Crippen molar-refractivity contribution in [2.24, 2.45) is 0 Å². The van der Waals surface area contributed by atoms with E-state index in [0.717, 1.165) is 67.0 Å². The molecule has 3 heterocycles. The van der Waals surface area contributed by atoms with Crippen molar-refractivity contribution in [3.05, 3.63) is 84.1 Å². The number of nitrogens with zero attached hydrogens (tertiary/aromatic N) is 3. The van der Waals surface area contributed by atoms with E-state index in [0.29, 0.717) is 18.1 Å². The molecule has 5 rings (SSSR count). The Morgan fingerprint density at radius 1 is 0.939 bits per heavy atom. The van der Waals surface area contributed by atoms with Gasteiger partial charge < -0.3 is 15.8 Å². The lowest BCUT2D eigenvalue weighted by Crippen LogP contribution is -2.37. The summed E-state index contributed by atoms with van der Waals surface area (Å²) in [6.07, 6.45) is 2.86. The Morgan fingerprint density at radius 3 is 2.61 bits per heavy atom. The van der Waals surface area contributed by atoms with Crippen LogP contribution < -0.4 is 11.1 Å². The molecular formula is C27H29N5O. The predicted octanol–water partition coefficient (Wildman–Crippen LogP) is 4.37. The molecule has 6 nitrogen and oxygen atoms in total. The van der Waals surface area contributed by atoms with Gasteiger partial charge in [0.1, 0.15) is 5.82 Å². The van der Waals surface area contributed by atoms with Crippen molar-refractivity contribution < 1.29 is 4.74 Å². The molecule has 6 heteroatoms. The minimum Gasteiger partial charge on any atom is -0.396 e.